The van der Waals surface area contributed by atoms with Crippen LogP contribution in [-0.4, -0.2) is 34.4 Å². The summed E-state index contributed by atoms with van der Waals surface area (Å²) < 4.78 is 5.14. The average molecular weight is 366 g/mol. The number of fused-ring (bicyclic) bond motifs is 2. The van der Waals surface area contributed by atoms with Crippen LogP contribution in [0.3, 0.4) is 0 Å². The number of hydrogen-bond donors (Lipinski definition) is 1. The van der Waals surface area contributed by atoms with Crippen LogP contribution in [0, 0.1) is 0 Å². The number of carboxylic acid groups (broad SMARTS) is 1. The van der Waals surface area contributed by atoms with Crippen molar-refractivity contribution < 1.29 is 33.8 Å². The normalized spacial score (nSPS) is 12.2. The van der Waals surface area contributed by atoms with E-state index < -0.39 is 35.7 Å². The molecular formula is C20H14O7. The van der Waals surface area contributed by atoms with E-state index in [4.69, 9.17) is 9.84 Å². The first-order valence-corrected chi connectivity index (χ1v) is 8.01. The molecule has 1 N–H and O–H groups in total. The Morgan fingerprint density at radius 3 is 2.07 bits per heavy atom. The Labute approximate surface area is 153 Å². The summed E-state index contributed by atoms with van der Waals surface area (Å²) in [6, 6.07) is 7.37. The van der Waals surface area contributed by atoms with Crippen molar-refractivity contribution in [2.75, 3.05) is 0 Å². The fourth-order valence-corrected chi connectivity index (χ4v) is 3.21. The van der Waals surface area contributed by atoms with E-state index in [0.29, 0.717) is 0 Å². The summed E-state index contributed by atoms with van der Waals surface area (Å²) in [7, 11) is 0. The molecule has 7 nitrogen and oxygen atoms in total. The van der Waals surface area contributed by atoms with E-state index in [-0.39, 0.29) is 39.1 Å². The summed E-state index contributed by atoms with van der Waals surface area (Å²) in [6.45, 7) is 2.26. The summed E-state index contributed by atoms with van der Waals surface area (Å²) in [5.74, 6) is -4.05. The molecule has 1 aliphatic carbocycles. The Balaban J connectivity index is 2.41. The molecule has 0 saturated carbocycles. The molecule has 2 aromatic rings. The minimum atomic E-state index is -1.23. The Bertz CT molecular complexity index is 1050. The third kappa shape index (κ3) is 3.03. The van der Waals surface area contributed by atoms with Gasteiger partial charge in [0.2, 0.25) is 0 Å². The zero-order valence-corrected chi connectivity index (χ0v) is 14.5. The molecule has 0 fully saturated rings. The molecule has 7 heteroatoms. The second-order valence-corrected chi connectivity index (χ2v) is 6.09. The lowest BCUT2D eigenvalue weighted by atomic mass is 9.80. The van der Waals surface area contributed by atoms with Gasteiger partial charge in [-0.1, -0.05) is 24.3 Å². The first-order valence-electron chi connectivity index (χ1n) is 8.01. The van der Waals surface area contributed by atoms with E-state index in [9.17, 15) is 24.0 Å². The van der Waals surface area contributed by atoms with Crippen molar-refractivity contribution in [1.29, 1.82) is 0 Å². The number of esters is 1. The van der Waals surface area contributed by atoms with E-state index in [2.05, 4.69) is 0 Å². The van der Waals surface area contributed by atoms with Gasteiger partial charge in [-0.2, -0.15) is 0 Å². The minimum absolute atomic E-state index is 0.00512. The van der Waals surface area contributed by atoms with Crippen molar-refractivity contribution >= 4 is 29.3 Å². The molecule has 0 aliphatic heterocycles. The number of carbonyl (C=O) groups is 5. The van der Waals surface area contributed by atoms with Gasteiger partial charge in [-0.3, -0.25) is 24.0 Å². The van der Waals surface area contributed by atoms with Gasteiger partial charge in [0.25, 0.3) is 0 Å². The number of carbonyl (C=O) groups excluding carboxylic acids is 4. The first-order chi connectivity index (χ1) is 12.7. The molecular weight excluding hydrogens is 352 g/mol. The smallest absolute Gasteiger partial charge is 0.308 e. The van der Waals surface area contributed by atoms with Crippen molar-refractivity contribution in [3.63, 3.8) is 0 Å². The summed E-state index contributed by atoms with van der Waals surface area (Å²) in [6.07, 6.45) is -0.570. The third-order valence-electron chi connectivity index (χ3n) is 4.19. The quantitative estimate of drug-likeness (QED) is 0.428. The molecule has 3 rings (SSSR count). The third-order valence-corrected chi connectivity index (χ3v) is 4.19. The van der Waals surface area contributed by atoms with Gasteiger partial charge in [0.1, 0.15) is 0 Å². The molecule has 0 aromatic heterocycles. The molecule has 0 unspecified atom stereocenters. The highest BCUT2D eigenvalue weighted by Gasteiger charge is 2.36. The molecule has 27 heavy (non-hydrogen) atoms. The first kappa shape index (κ1) is 18.2. The molecule has 0 amide bonds. The van der Waals surface area contributed by atoms with Gasteiger partial charge < -0.3 is 9.84 Å². The van der Waals surface area contributed by atoms with Crippen LogP contribution in [0.25, 0.3) is 0 Å². The molecule has 0 atom stereocenters. The summed E-state index contributed by atoms with van der Waals surface area (Å²) in [4.78, 5) is 60.9. The monoisotopic (exact) mass is 366 g/mol. The molecule has 0 radical (unpaired) electrons. The van der Waals surface area contributed by atoms with Crippen LogP contribution in [0.2, 0.25) is 0 Å². The lowest BCUT2D eigenvalue weighted by molar-refractivity contribution is -0.136. The van der Waals surface area contributed by atoms with Crippen LogP contribution in [0.15, 0.2) is 30.3 Å². The standard InChI is InChI=1S/C20H14O7/c1-9(21)16-11(8-15(23)24)7-14-17(20(16)27-10(2)22)19(26)13-6-4-3-5-12(13)18(14)25/h3-7H,8H2,1-2H3,(H,23,24). The highest BCUT2D eigenvalue weighted by molar-refractivity contribution is 6.30. The molecule has 0 spiro atoms. The Hall–Kier alpha value is -3.61. The van der Waals surface area contributed by atoms with Crippen molar-refractivity contribution in [3.8, 4) is 5.75 Å². The summed E-state index contributed by atoms with van der Waals surface area (Å²) >= 11 is 0. The number of benzene rings is 2. The van der Waals surface area contributed by atoms with Crippen LogP contribution in [-0.2, 0) is 16.0 Å². The molecule has 0 saturated heterocycles. The second-order valence-electron chi connectivity index (χ2n) is 6.09. The van der Waals surface area contributed by atoms with E-state index in [1.807, 2.05) is 0 Å². The predicted octanol–water partition coefficient (Wildman–Crippen LogP) is 2.22. The van der Waals surface area contributed by atoms with E-state index in [1.54, 1.807) is 12.1 Å². The number of hydrogen-bond acceptors (Lipinski definition) is 6. The molecule has 1 aliphatic rings. The van der Waals surface area contributed by atoms with Crippen LogP contribution in [0.5, 0.6) is 5.75 Å². The zero-order valence-electron chi connectivity index (χ0n) is 14.5. The number of aliphatic carboxylic acids is 1. The number of rotatable bonds is 4. The van der Waals surface area contributed by atoms with Gasteiger partial charge >= 0.3 is 11.9 Å². The Morgan fingerprint density at radius 2 is 1.56 bits per heavy atom. The minimum Gasteiger partial charge on any atom is -0.481 e. The maximum absolute atomic E-state index is 13.0. The fourth-order valence-electron chi connectivity index (χ4n) is 3.21. The van der Waals surface area contributed by atoms with E-state index >= 15 is 0 Å². The van der Waals surface area contributed by atoms with Crippen molar-refractivity contribution in [3.05, 3.63) is 63.7 Å². The number of carboxylic acids is 1. The highest BCUT2D eigenvalue weighted by Crippen LogP contribution is 2.38. The lowest BCUT2D eigenvalue weighted by Gasteiger charge is -2.23. The summed E-state index contributed by atoms with van der Waals surface area (Å²) in [5, 5.41) is 9.15. The van der Waals surface area contributed by atoms with Gasteiger partial charge in [-0.15, -0.1) is 0 Å². The topological polar surface area (TPSA) is 115 Å². The van der Waals surface area contributed by atoms with Gasteiger partial charge in [0.15, 0.2) is 23.1 Å². The number of ketones is 3. The molecule has 136 valence electrons. The van der Waals surface area contributed by atoms with Crippen LogP contribution >= 0.6 is 0 Å². The molecule has 0 bridgehead atoms. The van der Waals surface area contributed by atoms with Gasteiger partial charge in [0, 0.05) is 23.6 Å². The van der Waals surface area contributed by atoms with Crippen LogP contribution < -0.4 is 4.74 Å². The number of ether oxygens (including phenoxy) is 1. The maximum atomic E-state index is 13.0. The second kappa shape index (κ2) is 6.60. The van der Waals surface area contributed by atoms with Crippen molar-refractivity contribution in [2.24, 2.45) is 0 Å². The van der Waals surface area contributed by atoms with Gasteiger partial charge in [-0.25, -0.2) is 0 Å². The van der Waals surface area contributed by atoms with Crippen molar-refractivity contribution in [1.82, 2.24) is 0 Å². The highest BCUT2D eigenvalue weighted by atomic mass is 16.5. The van der Waals surface area contributed by atoms with Crippen LogP contribution in [0.1, 0.15) is 61.6 Å². The summed E-state index contributed by atoms with van der Waals surface area (Å²) in [5.41, 5.74) is -0.175. The van der Waals surface area contributed by atoms with Crippen LogP contribution in [0.4, 0.5) is 0 Å². The predicted molar refractivity (Wildman–Crippen MR) is 92.4 cm³/mol. The fraction of sp³-hybridized carbons (Fsp3) is 0.150. The van der Waals surface area contributed by atoms with Gasteiger partial charge in [0.05, 0.1) is 17.5 Å². The van der Waals surface area contributed by atoms with Crippen molar-refractivity contribution in [2.45, 2.75) is 20.3 Å². The SMILES string of the molecule is CC(=O)Oc1c(C(C)=O)c(CC(=O)O)cc2c1C(=O)c1ccccc1C2=O. The molecule has 2 aromatic carbocycles. The molecule has 0 heterocycles. The zero-order chi connectivity index (χ0) is 19.9. The Morgan fingerprint density at radius 1 is 0.963 bits per heavy atom. The maximum Gasteiger partial charge on any atom is 0.308 e. The van der Waals surface area contributed by atoms with Gasteiger partial charge in [-0.05, 0) is 18.6 Å². The average Bonchev–Trinajstić information content (AvgIpc) is 2.58. The largest absolute Gasteiger partial charge is 0.481 e. The van der Waals surface area contributed by atoms with E-state index in [0.717, 1.165) is 6.92 Å². The van der Waals surface area contributed by atoms with E-state index in [1.165, 1.54) is 25.1 Å². The number of Topliss-reactive ketones (excluding diaryl/α,β-unsaturated/α-hetero) is 1. The Kier molecular flexibility index (Phi) is 4.45. The lowest BCUT2D eigenvalue weighted by Crippen LogP contribution is -2.25.